The third kappa shape index (κ3) is 5.57. The third-order valence-electron chi connectivity index (χ3n) is 12.5. The van der Waals surface area contributed by atoms with E-state index in [0.717, 1.165) is 66.7 Å². The van der Waals surface area contributed by atoms with Gasteiger partial charge in [-0.25, -0.2) is 8.78 Å². The molecule has 62 heavy (non-hydrogen) atoms. The van der Waals surface area contributed by atoms with E-state index in [9.17, 15) is 5.11 Å². The van der Waals surface area contributed by atoms with Crippen LogP contribution < -0.4 is 4.90 Å². The Labute approximate surface area is 359 Å². The standard InChI is InChI=1S/C57H38F2N2O/c1-36-26-28-43(29-27-36)60(44-30-31-47-46-22-9-11-25-51(46)61(52(47)34-44)42-19-4-3-5-20-42)53-35-50-54(56(62)55(53)45-21-7-6-14-37(45)2)48-23-8-10-24-49(48)57(50,38-15-12-17-40(58)32-38)39-16-13-18-41(59)33-39/h3-4,6-19,21-35,62H,1-2H3. The van der Waals surface area contributed by atoms with E-state index in [1.54, 1.807) is 12.1 Å². The lowest BCUT2D eigenvalue weighted by atomic mass is 9.67. The van der Waals surface area contributed by atoms with Crippen LogP contribution >= 0.6 is 0 Å². The molecule has 0 bridgehead atoms. The van der Waals surface area contributed by atoms with Gasteiger partial charge in [0.2, 0.25) is 0 Å². The van der Waals surface area contributed by atoms with Crippen molar-refractivity contribution in [3.63, 3.8) is 0 Å². The molecule has 0 unspecified atom stereocenters. The second kappa shape index (κ2) is 14.4. The number of anilines is 3. The van der Waals surface area contributed by atoms with Gasteiger partial charge in [0.1, 0.15) is 17.4 Å². The zero-order chi connectivity index (χ0) is 42.1. The maximum Gasteiger partial charge on any atom is 0.133 e. The van der Waals surface area contributed by atoms with Crippen LogP contribution in [0, 0.1) is 37.6 Å². The summed E-state index contributed by atoms with van der Waals surface area (Å²) in [5, 5.41) is 15.5. The highest BCUT2D eigenvalue weighted by atomic mass is 19.1. The number of para-hydroxylation sites is 1. The van der Waals surface area contributed by atoms with Gasteiger partial charge in [0.15, 0.2) is 0 Å². The van der Waals surface area contributed by atoms with Crippen LogP contribution in [0.2, 0.25) is 0 Å². The Hall–Kier alpha value is -7.94. The topological polar surface area (TPSA) is 28.4 Å². The predicted molar refractivity (Wildman–Crippen MR) is 247 cm³/mol. The van der Waals surface area contributed by atoms with Crippen molar-refractivity contribution in [2.24, 2.45) is 0 Å². The van der Waals surface area contributed by atoms with Crippen LogP contribution in [0.3, 0.4) is 0 Å². The molecule has 0 saturated carbocycles. The van der Waals surface area contributed by atoms with Crippen LogP contribution in [-0.4, -0.2) is 9.67 Å². The minimum Gasteiger partial charge on any atom is -0.507 e. The molecule has 0 saturated heterocycles. The molecule has 5 heteroatoms. The maximum atomic E-state index is 15.7. The fourth-order valence-corrected chi connectivity index (χ4v) is 9.88. The second-order valence-corrected chi connectivity index (χ2v) is 16.1. The first kappa shape index (κ1) is 37.1. The van der Waals surface area contributed by atoms with E-state index >= 15 is 8.78 Å². The Morgan fingerprint density at radius 1 is 0.548 bits per heavy atom. The first-order chi connectivity index (χ1) is 30.3. The van der Waals surface area contributed by atoms with Crippen molar-refractivity contribution in [1.82, 2.24) is 4.57 Å². The Balaban J connectivity index is 1.30. The van der Waals surface area contributed by atoms with Gasteiger partial charge in [-0.2, -0.15) is 0 Å². The maximum absolute atomic E-state index is 15.7. The van der Waals surface area contributed by atoms with Crippen molar-refractivity contribution in [1.29, 1.82) is 0 Å². The predicted octanol–water partition coefficient (Wildman–Crippen LogP) is 14.5. The van der Waals surface area contributed by atoms with Gasteiger partial charge in [0.05, 0.1) is 27.8 Å². The number of nitrogens with zero attached hydrogens (tertiary/aromatic N) is 2. The molecule has 0 radical (unpaired) electrons. The van der Waals surface area contributed by atoms with E-state index in [0.29, 0.717) is 33.5 Å². The molecule has 0 spiro atoms. The Bertz CT molecular complexity index is 3320. The van der Waals surface area contributed by atoms with Gasteiger partial charge in [-0.1, -0.05) is 127 Å². The summed E-state index contributed by atoms with van der Waals surface area (Å²) < 4.78 is 33.5. The first-order valence-electron chi connectivity index (χ1n) is 20.7. The molecule has 1 aliphatic rings. The summed E-state index contributed by atoms with van der Waals surface area (Å²) in [5.74, 6) is -0.748. The van der Waals surface area contributed by atoms with Crippen LogP contribution in [0.5, 0.6) is 5.75 Å². The largest absolute Gasteiger partial charge is 0.507 e. The fraction of sp³-hybridized carbons (Fsp3) is 0.0526. The Morgan fingerprint density at radius 2 is 1.21 bits per heavy atom. The minimum absolute atomic E-state index is 0.0793. The summed E-state index contributed by atoms with van der Waals surface area (Å²) in [7, 11) is 0. The second-order valence-electron chi connectivity index (χ2n) is 16.1. The molecular formula is C57H38F2N2O. The fourth-order valence-electron chi connectivity index (χ4n) is 9.88. The molecule has 1 aliphatic carbocycles. The van der Waals surface area contributed by atoms with Crippen LogP contribution in [0.1, 0.15) is 33.4 Å². The molecule has 10 aromatic rings. The van der Waals surface area contributed by atoms with Gasteiger partial charge in [0, 0.05) is 33.3 Å². The van der Waals surface area contributed by atoms with E-state index < -0.39 is 17.0 Å². The van der Waals surface area contributed by atoms with Crippen molar-refractivity contribution in [3.8, 4) is 33.7 Å². The lowest BCUT2D eigenvalue weighted by molar-refractivity contribution is 0.479. The zero-order valence-corrected chi connectivity index (χ0v) is 34.0. The van der Waals surface area contributed by atoms with E-state index in [1.807, 2.05) is 78.9 Å². The third-order valence-corrected chi connectivity index (χ3v) is 12.5. The van der Waals surface area contributed by atoms with Crippen LogP contribution in [0.15, 0.2) is 188 Å². The lowest BCUT2D eigenvalue weighted by Crippen LogP contribution is -2.29. The Kier molecular flexibility index (Phi) is 8.59. The minimum atomic E-state index is -1.22. The van der Waals surface area contributed by atoms with Gasteiger partial charge in [-0.3, -0.25) is 0 Å². The molecule has 0 amide bonds. The van der Waals surface area contributed by atoms with Crippen LogP contribution in [0.4, 0.5) is 25.8 Å². The molecule has 296 valence electrons. The number of aryl methyl sites for hydroxylation is 2. The average molecular weight is 805 g/mol. The molecule has 0 atom stereocenters. The SMILES string of the molecule is Cc1ccc(N(c2ccc3c4ccccc4n(-c4c#cccc4)c3c2)c2cc3c(c(O)c2-c2ccccc2C)-c2ccccc2C3(c2cccc(F)c2)c2cccc(F)c2)cc1. The quantitative estimate of drug-likeness (QED) is 0.174. The average Bonchev–Trinajstić information content (AvgIpc) is 3.78. The molecule has 9 aromatic carbocycles. The van der Waals surface area contributed by atoms with Crippen LogP contribution in [0.25, 0.3) is 49.7 Å². The number of aromatic nitrogens is 1. The molecule has 1 N–H and O–H groups in total. The summed E-state index contributed by atoms with van der Waals surface area (Å²) in [6.45, 7) is 4.12. The number of benzene rings is 8. The number of aromatic hydroxyl groups is 1. The van der Waals surface area contributed by atoms with Gasteiger partial charge in [0.25, 0.3) is 0 Å². The van der Waals surface area contributed by atoms with Gasteiger partial charge < -0.3 is 14.6 Å². The summed E-state index contributed by atoms with van der Waals surface area (Å²) in [6, 6.07) is 66.9. The summed E-state index contributed by atoms with van der Waals surface area (Å²) in [6.07, 6.45) is 0. The number of halogens is 2. The molecule has 0 aliphatic heterocycles. The highest BCUT2D eigenvalue weighted by molar-refractivity contribution is 6.11. The summed E-state index contributed by atoms with van der Waals surface area (Å²) in [5.41, 5.74) is 11.8. The van der Waals surface area contributed by atoms with E-state index in [2.05, 4.69) is 108 Å². The number of hydrogen-bond donors (Lipinski definition) is 1. The number of phenols is 1. The van der Waals surface area contributed by atoms with Crippen molar-refractivity contribution in [2.75, 3.05) is 4.90 Å². The van der Waals surface area contributed by atoms with E-state index in [-0.39, 0.29) is 5.75 Å². The van der Waals surface area contributed by atoms with Gasteiger partial charge in [-0.05, 0) is 132 Å². The van der Waals surface area contributed by atoms with E-state index in [4.69, 9.17) is 0 Å². The highest BCUT2D eigenvalue weighted by Gasteiger charge is 2.49. The molecular weight excluding hydrogens is 767 g/mol. The molecule has 11 rings (SSSR count). The number of rotatable bonds is 7. The van der Waals surface area contributed by atoms with Crippen molar-refractivity contribution in [3.05, 3.63) is 245 Å². The lowest BCUT2D eigenvalue weighted by Gasteiger charge is -2.36. The van der Waals surface area contributed by atoms with Crippen molar-refractivity contribution in [2.45, 2.75) is 19.3 Å². The van der Waals surface area contributed by atoms with E-state index in [1.165, 1.54) is 24.3 Å². The zero-order valence-electron chi connectivity index (χ0n) is 34.0. The highest BCUT2D eigenvalue weighted by Crippen LogP contribution is 2.62. The molecule has 0 fully saturated rings. The molecule has 3 nitrogen and oxygen atoms in total. The number of hydrogen-bond acceptors (Lipinski definition) is 2. The normalized spacial score (nSPS) is 12.6. The van der Waals surface area contributed by atoms with Crippen molar-refractivity contribution >= 4 is 38.9 Å². The number of fused-ring (bicyclic) bond motifs is 6. The summed E-state index contributed by atoms with van der Waals surface area (Å²) in [4.78, 5) is 2.20. The Morgan fingerprint density at radius 3 is 1.92 bits per heavy atom. The van der Waals surface area contributed by atoms with Gasteiger partial charge in [-0.15, -0.1) is 0 Å². The smallest absolute Gasteiger partial charge is 0.133 e. The van der Waals surface area contributed by atoms with Gasteiger partial charge >= 0.3 is 0 Å². The number of phenolic OH excluding ortho intramolecular Hbond substituents is 1. The monoisotopic (exact) mass is 804 g/mol. The molecule has 1 aromatic heterocycles. The van der Waals surface area contributed by atoms with Crippen molar-refractivity contribution < 1.29 is 13.9 Å². The van der Waals surface area contributed by atoms with Crippen LogP contribution in [-0.2, 0) is 5.41 Å². The first-order valence-corrected chi connectivity index (χ1v) is 20.7. The molecule has 1 heterocycles. The summed E-state index contributed by atoms with van der Waals surface area (Å²) >= 11 is 0.